The highest BCUT2D eigenvalue weighted by atomic mass is 79.9. The minimum atomic E-state index is -0.696. The molecule has 8 heteroatoms. The number of methoxy groups -OCH3 is 2. The molecule has 0 saturated carbocycles. The Kier molecular flexibility index (Phi) is 6.06. The first kappa shape index (κ1) is 23.1. The molecule has 6 nitrogen and oxygen atoms in total. The van der Waals surface area contributed by atoms with Gasteiger partial charge in [-0.2, -0.15) is 0 Å². The summed E-state index contributed by atoms with van der Waals surface area (Å²) >= 11 is 3.39. The number of amides is 1. The van der Waals surface area contributed by atoms with E-state index in [0.29, 0.717) is 41.0 Å². The van der Waals surface area contributed by atoms with Crippen LogP contribution in [0.1, 0.15) is 33.3 Å². The third-order valence-electron chi connectivity index (χ3n) is 6.20. The van der Waals surface area contributed by atoms with Gasteiger partial charge < -0.3 is 18.8 Å². The predicted octanol–water partition coefficient (Wildman–Crippen LogP) is 5.50. The first-order chi connectivity index (χ1) is 16.9. The lowest BCUT2D eigenvalue weighted by Gasteiger charge is -2.25. The highest BCUT2D eigenvalue weighted by Crippen LogP contribution is 2.39. The van der Waals surface area contributed by atoms with Crippen molar-refractivity contribution in [1.29, 1.82) is 0 Å². The van der Waals surface area contributed by atoms with Crippen LogP contribution >= 0.6 is 15.9 Å². The van der Waals surface area contributed by atoms with Gasteiger partial charge in [0.25, 0.3) is 5.91 Å². The van der Waals surface area contributed by atoms with Gasteiger partial charge in [-0.3, -0.25) is 9.59 Å². The Hall–Kier alpha value is -3.65. The van der Waals surface area contributed by atoms with E-state index in [1.165, 1.54) is 12.1 Å². The molecule has 0 saturated heterocycles. The molecule has 1 atom stereocenters. The van der Waals surface area contributed by atoms with Gasteiger partial charge in [0.2, 0.25) is 5.76 Å². The van der Waals surface area contributed by atoms with E-state index in [1.807, 2.05) is 18.2 Å². The first-order valence-corrected chi connectivity index (χ1v) is 11.7. The quantitative estimate of drug-likeness (QED) is 0.325. The van der Waals surface area contributed by atoms with Gasteiger partial charge in [-0.15, -0.1) is 0 Å². The molecule has 0 aliphatic carbocycles. The van der Waals surface area contributed by atoms with Crippen LogP contribution < -0.4 is 14.9 Å². The van der Waals surface area contributed by atoms with Crippen molar-refractivity contribution in [3.8, 4) is 11.5 Å². The van der Waals surface area contributed by atoms with E-state index in [0.717, 1.165) is 10.0 Å². The zero-order chi connectivity index (χ0) is 24.7. The zero-order valence-electron chi connectivity index (χ0n) is 19.0. The summed E-state index contributed by atoms with van der Waals surface area (Å²) in [5.74, 6) is 0.440. The summed E-state index contributed by atoms with van der Waals surface area (Å²) in [6, 6.07) is 15.8. The van der Waals surface area contributed by atoms with Gasteiger partial charge in [-0.25, -0.2) is 4.39 Å². The summed E-state index contributed by atoms with van der Waals surface area (Å²) in [6.45, 7) is 0.306. The monoisotopic (exact) mass is 537 g/mol. The third kappa shape index (κ3) is 4.08. The maximum Gasteiger partial charge on any atom is 0.290 e. The minimum absolute atomic E-state index is 0.0199. The highest BCUT2D eigenvalue weighted by Gasteiger charge is 2.42. The van der Waals surface area contributed by atoms with Crippen LogP contribution in [-0.4, -0.2) is 31.6 Å². The summed E-state index contributed by atoms with van der Waals surface area (Å²) < 4.78 is 31.1. The summed E-state index contributed by atoms with van der Waals surface area (Å²) in [6.07, 6.45) is 0.497. The molecule has 1 aliphatic heterocycles. The smallest absolute Gasteiger partial charge is 0.290 e. The highest BCUT2D eigenvalue weighted by molar-refractivity contribution is 9.10. The Morgan fingerprint density at radius 2 is 1.71 bits per heavy atom. The first-order valence-electron chi connectivity index (χ1n) is 10.9. The fourth-order valence-electron chi connectivity index (χ4n) is 4.50. The van der Waals surface area contributed by atoms with Gasteiger partial charge in [0.05, 0.1) is 31.2 Å². The Labute approximate surface area is 209 Å². The van der Waals surface area contributed by atoms with Crippen molar-refractivity contribution in [2.24, 2.45) is 0 Å². The number of fused-ring (bicyclic) bond motifs is 2. The number of hydrogen-bond donors (Lipinski definition) is 0. The van der Waals surface area contributed by atoms with Crippen LogP contribution in [-0.2, 0) is 6.42 Å². The van der Waals surface area contributed by atoms with Gasteiger partial charge >= 0.3 is 0 Å². The molecular formula is C27H21BrFNO5. The van der Waals surface area contributed by atoms with Crippen molar-refractivity contribution < 1.29 is 23.1 Å². The standard InChI is InChI=1S/C27H21BrFNO5/c1-33-21-9-3-15(13-22(21)34-2)11-12-30-24(16-4-7-18(29)8-5-16)23-25(31)19-14-17(28)6-10-20(19)35-26(23)27(30)32/h3-10,13-14,24H,11-12H2,1-2H3. The summed E-state index contributed by atoms with van der Waals surface area (Å²) in [7, 11) is 3.13. The lowest BCUT2D eigenvalue weighted by molar-refractivity contribution is 0.0730. The normalized spacial score (nSPS) is 14.9. The Morgan fingerprint density at radius 3 is 2.43 bits per heavy atom. The van der Waals surface area contributed by atoms with Crippen LogP contribution in [0.15, 0.2) is 74.3 Å². The average molecular weight is 538 g/mol. The number of nitrogens with zero attached hydrogens (tertiary/aromatic N) is 1. The number of halogens is 2. The van der Waals surface area contributed by atoms with Gasteiger partial charge in [-0.1, -0.05) is 34.1 Å². The van der Waals surface area contributed by atoms with Gasteiger partial charge in [0.15, 0.2) is 16.9 Å². The van der Waals surface area contributed by atoms with E-state index >= 15 is 0 Å². The largest absolute Gasteiger partial charge is 0.493 e. The molecule has 1 aliphatic rings. The SMILES string of the molecule is COc1ccc(CCN2C(=O)c3oc4ccc(Br)cc4c(=O)c3C2c2ccc(F)cc2)cc1OC. The molecule has 1 unspecified atom stereocenters. The number of rotatable bonds is 6. The van der Waals surface area contributed by atoms with Gasteiger partial charge in [0.1, 0.15) is 11.4 Å². The predicted molar refractivity (Wildman–Crippen MR) is 133 cm³/mol. The maximum atomic E-state index is 13.7. The molecule has 0 N–H and O–H groups in total. The molecule has 1 aromatic heterocycles. The van der Waals surface area contributed by atoms with Crippen LogP contribution in [0, 0.1) is 5.82 Å². The molecule has 178 valence electrons. The second kappa shape index (κ2) is 9.19. The lowest BCUT2D eigenvalue weighted by Crippen LogP contribution is -2.31. The molecule has 0 fully saturated rings. The van der Waals surface area contributed by atoms with E-state index in [2.05, 4.69) is 15.9 Å². The summed E-state index contributed by atoms with van der Waals surface area (Å²) in [5.41, 5.74) is 1.88. The number of carbonyl (C=O) groups excluding carboxylic acids is 1. The molecular weight excluding hydrogens is 517 g/mol. The number of carbonyl (C=O) groups is 1. The fraction of sp³-hybridized carbons (Fsp3) is 0.185. The van der Waals surface area contributed by atoms with Gasteiger partial charge in [-0.05, 0) is 60.0 Å². The van der Waals surface area contributed by atoms with Crippen LogP contribution in [0.4, 0.5) is 4.39 Å². The second-order valence-corrected chi connectivity index (χ2v) is 9.12. The lowest BCUT2D eigenvalue weighted by atomic mass is 9.98. The molecule has 0 radical (unpaired) electrons. The number of benzene rings is 3. The van der Waals surface area contributed by atoms with Crippen molar-refractivity contribution in [2.75, 3.05) is 20.8 Å². The second-order valence-electron chi connectivity index (χ2n) is 8.21. The molecule has 35 heavy (non-hydrogen) atoms. The number of hydrogen-bond acceptors (Lipinski definition) is 5. The molecule has 3 aromatic carbocycles. The van der Waals surface area contributed by atoms with E-state index in [1.54, 1.807) is 49.5 Å². The maximum absolute atomic E-state index is 13.7. The van der Waals surface area contributed by atoms with Crippen LogP contribution in [0.3, 0.4) is 0 Å². The van der Waals surface area contributed by atoms with E-state index in [4.69, 9.17) is 13.9 Å². The van der Waals surface area contributed by atoms with E-state index < -0.39 is 11.9 Å². The van der Waals surface area contributed by atoms with Crippen molar-refractivity contribution >= 4 is 32.8 Å². The van der Waals surface area contributed by atoms with Crippen LogP contribution in [0.2, 0.25) is 0 Å². The van der Waals surface area contributed by atoms with Crippen molar-refractivity contribution in [3.05, 3.63) is 104 Å². The molecule has 0 bridgehead atoms. The zero-order valence-corrected chi connectivity index (χ0v) is 20.6. The number of ether oxygens (including phenoxy) is 2. The third-order valence-corrected chi connectivity index (χ3v) is 6.70. The van der Waals surface area contributed by atoms with Crippen LogP contribution in [0.5, 0.6) is 11.5 Å². The Bertz CT molecular complexity index is 1500. The molecule has 2 heterocycles. The molecule has 4 aromatic rings. The van der Waals surface area contributed by atoms with Crippen molar-refractivity contribution in [1.82, 2.24) is 4.90 Å². The van der Waals surface area contributed by atoms with Gasteiger partial charge in [0, 0.05) is 11.0 Å². The van der Waals surface area contributed by atoms with E-state index in [9.17, 15) is 14.0 Å². The fourth-order valence-corrected chi connectivity index (χ4v) is 4.86. The molecule has 1 amide bonds. The minimum Gasteiger partial charge on any atom is -0.493 e. The van der Waals surface area contributed by atoms with Crippen molar-refractivity contribution in [3.63, 3.8) is 0 Å². The topological polar surface area (TPSA) is 69.0 Å². The van der Waals surface area contributed by atoms with Crippen LogP contribution in [0.25, 0.3) is 11.0 Å². The molecule has 5 rings (SSSR count). The Balaban J connectivity index is 1.58. The average Bonchev–Trinajstić information content (AvgIpc) is 3.15. The molecule has 0 spiro atoms. The summed E-state index contributed by atoms with van der Waals surface area (Å²) in [5, 5.41) is 0.375. The Morgan fingerprint density at radius 1 is 0.971 bits per heavy atom. The van der Waals surface area contributed by atoms with Crippen molar-refractivity contribution in [2.45, 2.75) is 12.5 Å². The van der Waals surface area contributed by atoms with E-state index in [-0.39, 0.29) is 22.7 Å². The summed E-state index contributed by atoms with van der Waals surface area (Å²) in [4.78, 5) is 28.7.